The molecular formula is C18H24N2O3. The van der Waals surface area contributed by atoms with Crippen molar-refractivity contribution in [3.8, 4) is 5.75 Å². The van der Waals surface area contributed by atoms with Crippen molar-refractivity contribution in [1.29, 1.82) is 0 Å². The number of hydrazone groups is 1. The van der Waals surface area contributed by atoms with Crippen LogP contribution in [0.3, 0.4) is 0 Å². The predicted octanol–water partition coefficient (Wildman–Crippen LogP) is 2.93. The van der Waals surface area contributed by atoms with Crippen LogP contribution in [0.25, 0.3) is 0 Å². The predicted molar refractivity (Wildman–Crippen MR) is 89.6 cm³/mol. The van der Waals surface area contributed by atoms with Gasteiger partial charge in [0.05, 0.1) is 0 Å². The number of benzene rings is 1. The first kappa shape index (κ1) is 17.2. The van der Waals surface area contributed by atoms with Gasteiger partial charge in [-0.15, -0.1) is 0 Å². The highest BCUT2D eigenvalue weighted by Gasteiger charge is 2.30. The van der Waals surface area contributed by atoms with Crippen molar-refractivity contribution in [1.82, 2.24) is 5.43 Å². The summed E-state index contributed by atoms with van der Waals surface area (Å²) in [5, 5.41) is 4.10. The molecule has 0 atom stereocenters. The Morgan fingerprint density at radius 3 is 2.74 bits per heavy atom. The van der Waals surface area contributed by atoms with Gasteiger partial charge in [-0.2, -0.15) is 5.10 Å². The molecule has 0 saturated heterocycles. The fourth-order valence-corrected chi connectivity index (χ4v) is 2.78. The van der Waals surface area contributed by atoms with E-state index < -0.39 is 0 Å². The number of amides is 1. The van der Waals surface area contributed by atoms with E-state index >= 15 is 0 Å². The minimum Gasteiger partial charge on any atom is -0.483 e. The van der Waals surface area contributed by atoms with Crippen molar-refractivity contribution in [2.45, 2.75) is 47.0 Å². The Labute approximate surface area is 137 Å². The van der Waals surface area contributed by atoms with E-state index in [-0.39, 0.29) is 23.7 Å². The van der Waals surface area contributed by atoms with E-state index in [0.717, 1.165) is 23.3 Å². The van der Waals surface area contributed by atoms with E-state index in [1.165, 1.54) is 0 Å². The van der Waals surface area contributed by atoms with Crippen molar-refractivity contribution >= 4 is 17.4 Å². The molecule has 124 valence electrons. The third-order valence-electron chi connectivity index (χ3n) is 4.01. The molecule has 1 aromatic carbocycles. The standard InChI is InChI=1S/C18H24N2O3/c1-12-6-5-7-16(13(12)2)23-11-17(22)20-19-14-8-15(21)10-18(3,4)9-14/h5-7H,8-11H2,1-4H3,(H,20,22)/b19-14-. The van der Waals surface area contributed by atoms with Gasteiger partial charge in [0.15, 0.2) is 6.61 Å². The van der Waals surface area contributed by atoms with Gasteiger partial charge in [0, 0.05) is 18.6 Å². The molecule has 5 nitrogen and oxygen atoms in total. The van der Waals surface area contributed by atoms with Crippen LogP contribution in [0.2, 0.25) is 0 Å². The Bertz CT molecular complexity index is 648. The maximum atomic E-state index is 11.9. The second-order valence-corrected chi connectivity index (χ2v) is 6.93. The lowest BCUT2D eigenvalue weighted by atomic mass is 9.76. The number of nitrogens with one attached hydrogen (secondary N) is 1. The van der Waals surface area contributed by atoms with Gasteiger partial charge in [0.1, 0.15) is 11.5 Å². The van der Waals surface area contributed by atoms with E-state index in [1.54, 1.807) is 0 Å². The Morgan fingerprint density at radius 1 is 1.30 bits per heavy atom. The first-order valence-corrected chi connectivity index (χ1v) is 7.82. The molecule has 1 aliphatic carbocycles. The number of aryl methyl sites for hydroxylation is 1. The first-order chi connectivity index (χ1) is 10.8. The highest BCUT2D eigenvalue weighted by Crippen LogP contribution is 2.31. The molecule has 0 aliphatic heterocycles. The van der Waals surface area contributed by atoms with E-state index in [4.69, 9.17) is 4.74 Å². The molecule has 1 aliphatic rings. The van der Waals surface area contributed by atoms with Crippen molar-refractivity contribution in [3.05, 3.63) is 29.3 Å². The highest BCUT2D eigenvalue weighted by molar-refractivity contribution is 6.05. The minimum atomic E-state index is -0.325. The van der Waals surface area contributed by atoms with Crippen molar-refractivity contribution < 1.29 is 14.3 Å². The molecule has 0 radical (unpaired) electrons. The summed E-state index contributed by atoms with van der Waals surface area (Å²) in [6, 6.07) is 5.73. The van der Waals surface area contributed by atoms with Crippen LogP contribution in [0.1, 0.15) is 44.2 Å². The minimum absolute atomic E-state index is 0.0892. The molecule has 23 heavy (non-hydrogen) atoms. The van der Waals surface area contributed by atoms with Gasteiger partial charge in [-0.3, -0.25) is 9.59 Å². The fourth-order valence-electron chi connectivity index (χ4n) is 2.78. The quantitative estimate of drug-likeness (QED) is 0.868. The van der Waals surface area contributed by atoms with E-state index in [0.29, 0.717) is 18.6 Å². The SMILES string of the molecule is Cc1cccc(OCC(=O)N/N=C2/CC(=O)CC(C)(C)C2)c1C. The molecular weight excluding hydrogens is 292 g/mol. The van der Waals surface area contributed by atoms with Crippen molar-refractivity contribution in [3.63, 3.8) is 0 Å². The number of hydrogen-bond acceptors (Lipinski definition) is 4. The van der Waals surface area contributed by atoms with Crippen LogP contribution < -0.4 is 10.2 Å². The van der Waals surface area contributed by atoms with Crippen LogP contribution in [0, 0.1) is 19.3 Å². The molecule has 1 N–H and O–H groups in total. The van der Waals surface area contributed by atoms with Gasteiger partial charge < -0.3 is 4.74 Å². The van der Waals surface area contributed by atoms with Gasteiger partial charge in [-0.05, 0) is 42.9 Å². The number of hydrogen-bond donors (Lipinski definition) is 1. The summed E-state index contributed by atoms with van der Waals surface area (Å²) in [5.74, 6) is 0.539. The summed E-state index contributed by atoms with van der Waals surface area (Å²) in [5.41, 5.74) is 5.26. The van der Waals surface area contributed by atoms with Crippen molar-refractivity contribution in [2.24, 2.45) is 10.5 Å². The summed E-state index contributed by atoms with van der Waals surface area (Å²) in [6.45, 7) is 7.92. The van der Waals surface area contributed by atoms with E-state index in [2.05, 4.69) is 10.5 Å². The second kappa shape index (κ2) is 6.94. The average molecular weight is 316 g/mol. The summed E-state index contributed by atoms with van der Waals surface area (Å²) < 4.78 is 5.53. The van der Waals surface area contributed by atoms with Crippen LogP contribution >= 0.6 is 0 Å². The number of ether oxygens (including phenoxy) is 1. The van der Waals surface area contributed by atoms with Gasteiger partial charge >= 0.3 is 0 Å². The number of Topliss-reactive ketones (excluding diaryl/α,β-unsaturated/α-hetero) is 1. The van der Waals surface area contributed by atoms with Gasteiger partial charge in [0.2, 0.25) is 0 Å². The number of ketones is 1. The number of nitrogens with zero attached hydrogens (tertiary/aromatic N) is 1. The zero-order chi connectivity index (χ0) is 17.0. The monoisotopic (exact) mass is 316 g/mol. The maximum Gasteiger partial charge on any atom is 0.277 e. The molecule has 5 heteroatoms. The molecule has 0 bridgehead atoms. The smallest absolute Gasteiger partial charge is 0.277 e. The summed E-state index contributed by atoms with van der Waals surface area (Å²) in [7, 11) is 0. The largest absolute Gasteiger partial charge is 0.483 e. The molecule has 0 unspecified atom stereocenters. The van der Waals surface area contributed by atoms with Crippen LogP contribution in [-0.2, 0) is 9.59 Å². The number of rotatable bonds is 4. The molecule has 1 saturated carbocycles. The Hall–Kier alpha value is -2.17. The maximum absolute atomic E-state index is 11.9. The molecule has 2 rings (SSSR count). The van der Waals surface area contributed by atoms with Gasteiger partial charge in [-0.1, -0.05) is 26.0 Å². The highest BCUT2D eigenvalue weighted by atomic mass is 16.5. The second-order valence-electron chi connectivity index (χ2n) is 6.93. The molecule has 1 fully saturated rings. The summed E-state index contributed by atoms with van der Waals surface area (Å²) in [4.78, 5) is 23.6. The normalized spacial score (nSPS) is 18.8. The first-order valence-electron chi connectivity index (χ1n) is 7.82. The summed E-state index contributed by atoms with van der Waals surface area (Å²) in [6.07, 6.45) is 1.61. The van der Waals surface area contributed by atoms with Crippen LogP contribution in [-0.4, -0.2) is 24.0 Å². The fraction of sp³-hybridized carbons (Fsp3) is 0.500. The molecule has 0 heterocycles. The Morgan fingerprint density at radius 2 is 2.04 bits per heavy atom. The van der Waals surface area contributed by atoms with Crippen LogP contribution in [0.4, 0.5) is 0 Å². The lowest BCUT2D eigenvalue weighted by Crippen LogP contribution is -2.32. The number of carbonyl (C=O) groups excluding carboxylic acids is 2. The van der Waals surface area contributed by atoms with E-state index in [9.17, 15) is 9.59 Å². The zero-order valence-electron chi connectivity index (χ0n) is 14.2. The van der Waals surface area contributed by atoms with Crippen LogP contribution in [0.5, 0.6) is 5.75 Å². The van der Waals surface area contributed by atoms with Crippen molar-refractivity contribution in [2.75, 3.05) is 6.61 Å². The molecule has 1 aromatic rings. The Kier molecular flexibility index (Phi) is 5.19. The summed E-state index contributed by atoms with van der Waals surface area (Å²) >= 11 is 0. The zero-order valence-corrected chi connectivity index (χ0v) is 14.2. The topological polar surface area (TPSA) is 67.8 Å². The van der Waals surface area contributed by atoms with E-state index in [1.807, 2.05) is 45.9 Å². The lowest BCUT2D eigenvalue weighted by molar-refractivity contribution is -0.123. The van der Waals surface area contributed by atoms with Gasteiger partial charge in [-0.25, -0.2) is 5.43 Å². The lowest BCUT2D eigenvalue weighted by Gasteiger charge is -2.28. The third-order valence-corrected chi connectivity index (χ3v) is 4.01. The number of carbonyl (C=O) groups is 2. The average Bonchev–Trinajstić information content (AvgIpc) is 2.44. The Balaban J connectivity index is 1.89. The molecule has 1 amide bonds. The molecule has 0 spiro atoms. The van der Waals surface area contributed by atoms with Crippen LogP contribution in [0.15, 0.2) is 23.3 Å². The molecule has 0 aromatic heterocycles. The third kappa shape index (κ3) is 4.91. The van der Waals surface area contributed by atoms with Gasteiger partial charge in [0.25, 0.3) is 5.91 Å².